The predicted octanol–water partition coefficient (Wildman–Crippen LogP) is 8.42. The van der Waals surface area contributed by atoms with Gasteiger partial charge in [-0.25, -0.2) is 30.4 Å². The van der Waals surface area contributed by atoms with Crippen LogP contribution in [0, 0.1) is 29.1 Å². The van der Waals surface area contributed by atoms with Crippen LogP contribution in [0.15, 0.2) is 98.4 Å². The Hall–Kier alpha value is -3.61. The minimum Gasteiger partial charge on any atom is -0.744 e. The van der Waals surface area contributed by atoms with Crippen LogP contribution in [0.4, 0.5) is 22.0 Å². The minimum absolute atomic E-state index is 0.308. The molecule has 0 saturated heterocycles. The molecule has 0 aromatic heterocycles. The van der Waals surface area contributed by atoms with Gasteiger partial charge in [0.1, 0.15) is 37.1 Å². The second kappa shape index (κ2) is 13.6. The summed E-state index contributed by atoms with van der Waals surface area (Å²) in [5, 5.41) is 0. The average Bonchev–Trinajstić information content (AvgIpc) is 2.92. The second-order valence-corrected chi connectivity index (χ2v) is 14.6. The fourth-order valence-corrected chi connectivity index (χ4v) is 6.65. The molecule has 0 amide bonds. The van der Waals surface area contributed by atoms with Gasteiger partial charge in [0.15, 0.2) is 44.6 Å². The Labute approximate surface area is 256 Å². The van der Waals surface area contributed by atoms with Gasteiger partial charge in [-0.1, -0.05) is 42.5 Å². The second-order valence-electron chi connectivity index (χ2n) is 11.3. The van der Waals surface area contributed by atoms with Crippen molar-refractivity contribution in [3.05, 3.63) is 108 Å². The highest BCUT2D eigenvalue weighted by Gasteiger charge is 2.38. The van der Waals surface area contributed by atoms with Gasteiger partial charge in [0, 0.05) is 0 Å². The molecular formula is C32H31F5O5S2. The molecule has 4 aromatic rings. The molecule has 4 aromatic carbocycles. The smallest absolute Gasteiger partial charge is 0.250 e. The van der Waals surface area contributed by atoms with Crippen LogP contribution >= 0.6 is 0 Å². The fraction of sp³-hybridized carbons (Fsp3) is 0.250. The van der Waals surface area contributed by atoms with Crippen LogP contribution < -0.4 is 9.47 Å². The molecule has 0 aliphatic heterocycles. The summed E-state index contributed by atoms with van der Waals surface area (Å²) in [6.07, 6.45) is 0. The molecule has 0 unspecified atom stereocenters. The minimum atomic E-state index is -5.77. The Morgan fingerprint density at radius 2 is 0.909 bits per heavy atom. The van der Waals surface area contributed by atoms with E-state index in [0.29, 0.717) is 0 Å². The molecule has 236 valence electrons. The lowest BCUT2D eigenvalue weighted by atomic mass is 10.2. The van der Waals surface area contributed by atoms with E-state index in [1.165, 1.54) is 9.79 Å². The third-order valence-corrected chi connectivity index (χ3v) is 8.51. The molecule has 0 aliphatic rings. The molecule has 0 spiro atoms. The third kappa shape index (κ3) is 8.73. The predicted molar refractivity (Wildman–Crippen MR) is 156 cm³/mol. The average molecular weight is 655 g/mol. The molecular weight excluding hydrogens is 623 g/mol. The van der Waals surface area contributed by atoms with Crippen molar-refractivity contribution < 1.29 is 44.4 Å². The van der Waals surface area contributed by atoms with Gasteiger partial charge in [-0.15, -0.1) is 0 Å². The Kier molecular flexibility index (Phi) is 10.8. The quantitative estimate of drug-likeness (QED) is 0.0686. The third-order valence-electron chi connectivity index (χ3n) is 5.36. The van der Waals surface area contributed by atoms with Crippen molar-refractivity contribution in [2.24, 2.45) is 0 Å². The summed E-state index contributed by atoms with van der Waals surface area (Å²) in [5.41, 5.74) is -0.616. The van der Waals surface area contributed by atoms with E-state index in [-0.39, 0.29) is 22.1 Å². The van der Waals surface area contributed by atoms with Gasteiger partial charge >= 0.3 is 0 Å². The zero-order chi connectivity index (χ0) is 33.0. The number of rotatable bonds is 6. The topological polar surface area (TPSA) is 75.7 Å². The molecule has 0 N–H and O–H groups in total. The number of hydrogen-bond donors (Lipinski definition) is 0. The highest BCUT2D eigenvalue weighted by atomic mass is 32.2. The van der Waals surface area contributed by atoms with Crippen molar-refractivity contribution in [3.63, 3.8) is 0 Å². The first-order chi connectivity index (χ1) is 20.3. The molecule has 12 heteroatoms. The first-order valence-electron chi connectivity index (χ1n) is 13.1. The largest absolute Gasteiger partial charge is 0.744 e. The lowest BCUT2D eigenvalue weighted by Crippen LogP contribution is -2.26. The Morgan fingerprint density at radius 1 is 0.568 bits per heavy atom. The summed E-state index contributed by atoms with van der Waals surface area (Å²) < 4.78 is 106. The number of halogens is 5. The highest BCUT2D eigenvalue weighted by Crippen LogP contribution is 2.44. The maximum absolute atomic E-state index is 12.6. The molecule has 0 atom stereocenters. The van der Waals surface area contributed by atoms with Crippen molar-refractivity contribution in [3.8, 4) is 11.5 Å². The standard InChI is InChI=1S/C26H31O2S.C6HF5O3S/c1-25(2,3)27-22-18-13-19-23(28-26(4,5)6)24(22)29(20-14-9-7-10-15-20)21-16-11-8-12-17-21;7-1-2(8)4(10)6(15(12,13)14)5(11)3(1)9/h7-19H,1-6H3;(H,12,13,14)/q+1;/p-1. The molecule has 44 heavy (non-hydrogen) atoms. The van der Waals surface area contributed by atoms with E-state index in [9.17, 15) is 34.9 Å². The Bertz CT molecular complexity index is 1600. The monoisotopic (exact) mass is 654 g/mol. The van der Waals surface area contributed by atoms with Gasteiger partial charge in [-0.2, -0.15) is 0 Å². The fourth-order valence-electron chi connectivity index (χ4n) is 3.81. The van der Waals surface area contributed by atoms with Crippen molar-refractivity contribution >= 4 is 21.0 Å². The lowest BCUT2D eigenvalue weighted by Gasteiger charge is -2.26. The van der Waals surface area contributed by atoms with Crippen LogP contribution in [-0.4, -0.2) is 24.2 Å². The van der Waals surface area contributed by atoms with Gasteiger partial charge in [0.25, 0.3) is 0 Å². The molecule has 0 radical (unpaired) electrons. The van der Waals surface area contributed by atoms with E-state index in [1.54, 1.807) is 0 Å². The summed E-state index contributed by atoms with van der Waals surface area (Å²) >= 11 is 0. The maximum atomic E-state index is 12.6. The number of hydrogen-bond acceptors (Lipinski definition) is 5. The SMILES string of the molecule is CC(C)(C)Oc1cccc(OC(C)(C)C)c1[S+](c1ccccc1)c1ccccc1.O=S(=O)([O-])c1c(F)c(F)c(F)c(F)c1F. The maximum Gasteiger partial charge on any atom is 0.250 e. The van der Waals surface area contributed by atoms with E-state index in [4.69, 9.17) is 9.47 Å². The van der Waals surface area contributed by atoms with Crippen molar-refractivity contribution in [1.82, 2.24) is 0 Å². The Morgan fingerprint density at radius 3 is 1.23 bits per heavy atom. The molecule has 0 bridgehead atoms. The summed E-state index contributed by atoms with van der Waals surface area (Å²) in [6.45, 7) is 12.5. The van der Waals surface area contributed by atoms with Gasteiger partial charge < -0.3 is 14.0 Å². The first kappa shape index (κ1) is 34.9. The van der Waals surface area contributed by atoms with Crippen LogP contribution in [0.3, 0.4) is 0 Å². The highest BCUT2D eigenvalue weighted by molar-refractivity contribution is 7.97. The molecule has 0 fully saturated rings. The van der Waals surface area contributed by atoms with Crippen LogP contribution in [0.5, 0.6) is 11.5 Å². The summed E-state index contributed by atoms with van der Waals surface area (Å²) in [5.74, 6) is -11.1. The zero-order valence-electron chi connectivity index (χ0n) is 24.8. The number of ether oxygens (including phenoxy) is 2. The molecule has 0 aliphatic carbocycles. The lowest BCUT2D eigenvalue weighted by molar-refractivity contribution is 0.113. The van der Waals surface area contributed by atoms with Crippen LogP contribution in [0.1, 0.15) is 41.5 Å². The van der Waals surface area contributed by atoms with Crippen LogP contribution in [0.25, 0.3) is 0 Å². The van der Waals surface area contributed by atoms with Crippen LogP contribution in [-0.2, 0) is 21.0 Å². The molecule has 0 heterocycles. The molecule has 0 saturated carbocycles. The zero-order valence-corrected chi connectivity index (χ0v) is 26.4. The van der Waals surface area contributed by atoms with E-state index in [2.05, 4.69) is 114 Å². The van der Waals surface area contributed by atoms with Gasteiger partial charge in [-0.05, 0) is 77.9 Å². The summed E-state index contributed by atoms with van der Waals surface area (Å²) in [7, 11) is -6.13. The van der Waals surface area contributed by atoms with Gasteiger partial charge in [-0.3, -0.25) is 0 Å². The van der Waals surface area contributed by atoms with Gasteiger partial charge in [0.05, 0.1) is 0 Å². The van der Waals surface area contributed by atoms with Crippen molar-refractivity contribution in [2.75, 3.05) is 0 Å². The van der Waals surface area contributed by atoms with Crippen molar-refractivity contribution in [2.45, 2.75) is 72.3 Å². The van der Waals surface area contributed by atoms with Crippen molar-refractivity contribution in [1.29, 1.82) is 0 Å². The van der Waals surface area contributed by atoms with E-state index in [1.807, 2.05) is 6.07 Å². The number of benzene rings is 4. The van der Waals surface area contributed by atoms with Gasteiger partial charge in [0.2, 0.25) is 10.7 Å². The van der Waals surface area contributed by atoms with E-state index >= 15 is 0 Å². The summed E-state index contributed by atoms with van der Waals surface area (Å²) in [6, 6.07) is 27.4. The summed E-state index contributed by atoms with van der Waals surface area (Å²) in [4.78, 5) is 1.19. The van der Waals surface area contributed by atoms with Crippen LogP contribution in [0.2, 0.25) is 0 Å². The Balaban J connectivity index is 0.000000297. The molecule has 5 nitrogen and oxygen atoms in total. The van der Waals surface area contributed by atoms with E-state index < -0.39 is 44.1 Å². The molecule has 4 rings (SSSR count). The van der Waals surface area contributed by atoms with E-state index in [0.717, 1.165) is 16.4 Å². The first-order valence-corrected chi connectivity index (χ1v) is 15.8. The normalized spacial score (nSPS) is 12.0.